The lowest BCUT2D eigenvalue weighted by atomic mass is 10.1. The highest BCUT2D eigenvalue weighted by molar-refractivity contribution is 7.80. The Balaban J connectivity index is 2.22. The Hall–Kier alpha value is -2.11. The van der Waals surface area contributed by atoms with Gasteiger partial charge in [-0.2, -0.15) is 0 Å². The van der Waals surface area contributed by atoms with E-state index < -0.39 is 0 Å². The molecule has 0 saturated carbocycles. The summed E-state index contributed by atoms with van der Waals surface area (Å²) < 4.78 is 5.05. The topological polar surface area (TPSA) is 64.3 Å². The van der Waals surface area contributed by atoms with E-state index in [9.17, 15) is 4.79 Å². The number of anilines is 1. The van der Waals surface area contributed by atoms with Crippen LogP contribution in [-0.2, 0) is 0 Å². The normalized spacial score (nSPS) is 10.0. The lowest BCUT2D eigenvalue weighted by molar-refractivity contribution is 0.102. The molecule has 1 amide bonds. The highest BCUT2D eigenvalue weighted by Crippen LogP contribution is 2.24. The summed E-state index contributed by atoms with van der Waals surface area (Å²) in [6.45, 7) is 0. The van der Waals surface area contributed by atoms with Crippen LogP contribution in [0.4, 0.5) is 5.69 Å². The van der Waals surface area contributed by atoms with Crippen molar-refractivity contribution in [2.45, 2.75) is 0 Å². The zero-order valence-electron chi connectivity index (χ0n) is 11.2. The first-order valence-electron chi connectivity index (χ1n) is 6.06. The lowest BCUT2D eigenvalue weighted by Crippen LogP contribution is -2.14. The summed E-state index contributed by atoms with van der Waals surface area (Å²) in [6, 6.07) is 11.7. The second kappa shape index (κ2) is 6.56. The Kier molecular flexibility index (Phi) is 4.77. The maximum atomic E-state index is 12.2. The molecule has 2 aromatic carbocycles. The van der Waals surface area contributed by atoms with E-state index in [4.69, 9.17) is 34.3 Å². The van der Waals surface area contributed by atoms with Crippen molar-refractivity contribution in [2.75, 3.05) is 12.4 Å². The first-order chi connectivity index (χ1) is 10.0. The van der Waals surface area contributed by atoms with Gasteiger partial charge >= 0.3 is 0 Å². The van der Waals surface area contributed by atoms with Crippen LogP contribution in [0.2, 0.25) is 5.02 Å². The predicted octanol–water partition coefficient (Wildman–Crippen LogP) is 3.24. The van der Waals surface area contributed by atoms with Gasteiger partial charge in [0.05, 0.1) is 17.8 Å². The first kappa shape index (κ1) is 15.3. The molecule has 0 aliphatic rings. The molecule has 0 atom stereocenters. The molecule has 4 nitrogen and oxygen atoms in total. The fraction of sp³-hybridized carbons (Fsp3) is 0.0667. The van der Waals surface area contributed by atoms with Gasteiger partial charge in [-0.05, 0) is 36.4 Å². The Morgan fingerprint density at radius 1 is 1.19 bits per heavy atom. The molecule has 0 aliphatic heterocycles. The highest BCUT2D eigenvalue weighted by atomic mass is 35.5. The monoisotopic (exact) mass is 320 g/mol. The zero-order valence-corrected chi connectivity index (χ0v) is 12.8. The number of methoxy groups -OCH3 is 1. The predicted molar refractivity (Wildman–Crippen MR) is 88.3 cm³/mol. The number of benzene rings is 2. The Morgan fingerprint density at radius 2 is 1.81 bits per heavy atom. The van der Waals surface area contributed by atoms with Gasteiger partial charge in [0.25, 0.3) is 5.91 Å². The molecule has 21 heavy (non-hydrogen) atoms. The quantitative estimate of drug-likeness (QED) is 0.849. The number of rotatable bonds is 4. The fourth-order valence-electron chi connectivity index (χ4n) is 1.71. The largest absolute Gasteiger partial charge is 0.497 e. The van der Waals surface area contributed by atoms with Crippen LogP contribution in [0.5, 0.6) is 5.75 Å². The standard InChI is InChI=1S/C15H13ClN2O2S/c1-20-11-5-2-9(3-6-11)15(19)18-13-8-10(14(17)21)4-7-12(13)16/h2-8H,1H3,(H2,17,21)(H,18,19). The van der Waals surface area contributed by atoms with E-state index in [0.29, 0.717) is 27.6 Å². The van der Waals surface area contributed by atoms with Crippen LogP contribution in [0, 0.1) is 0 Å². The number of nitrogens with two attached hydrogens (primary N) is 1. The van der Waals surface area contributed by atoms with E-state index in [1.807, 2.05) is 0 Å². The summed E-state index contributed by atoms with van der Waals surface area (Å²) >= 11 is 11.0. The number of hydrogen-bond donors (Lipinski definition) is 2. The first-order valence-corrected chi connectivity index (χ1v) is 6.84. The second-order valence-electron chi connectivity index (χ2n) is 4.24. The number of amides is 1. The number of carbonyl (C=O) groups excluding carboxylic acids is 1. The second-order valence-corrected chi connectivity index (χ2v) is 5.09. The van der Waals surface area contributed by atoms with E-state index >= 15 is 0 Å². The molecule has 6 heteroatoms. The molecule has 0 saturated heterocycles. The van der Waals surface area contributed by atoms with Gasteiger partial charge in [0.2, 0.25) is 0 Å². The van der Waals surface area contributed by atoms with E-state index in [0.717, 1.165) is 0 Å². The van der Waals surface area contributed by atoms with Crippen LogP contribution < -0.4 is 15.8 Å². The molecule has 2 rings (SSSR count). The van der Waals surface area contributed by atoms with Crippen LogP contribution in [-0.4, -0.2) is 18.0 Å². The van der Waals surface area contributed by atoms with Crippen LogP contribution in [0.15, 0.2) is 42.5 Å². The number of halogens is 1. The Morgan fingerprint density at radius 3 is 2.38 bits per heavy atom. The molecule has 2 aromatic rings. The molecule has 3 N–H and O–H groups in total. The fourth-order valence-corrected chi connectivity index (χ4v) is 2.00. The van der Waals surface area contributed by atoms with Gasteiger partial charge in [-0.15, -0.1) is 0 Å². The van der Waals surface area contributed by atoms with Crippen molar-refractivity contribution in [3.05, 3.63) is 58.6 Å². The van der Waals surface area contributed by atoms with Crippen LogP contribution >= 0.6 is 23.8 Å². The summed E-state index contributed by atoms with van der Waals surface area (Å²) in [7, 11) is 1.57. The third-order valence-corrected chi connectivity index (χ3v) is 3.42. The molecular formula is C15H13ClN2O2S. The average molecular weight is 321 g/mol. The minimum Gasteiger partial charge on any atom is -0.497 e. The highest BCUT2D eigenvalue weighted by Gasteiger charge is 2.10. The van der Waals surface area contributed by atoms with Crippen molar-refractivity contribution >= 4 is 40.4 Å². The third-order valence-electron chi connectivity index (χ3n) is 2.85. The number of nitrogens with one attached hydrogen (secondary N) is 1. The average Bonchev–Trinajstić information content (AvgIpc) is 2.49. The molecule has 0 aliphatic carbocycles. The molecule has 0 bridgehead atoms. The van der Waals surface area contributed by atoms with Gasteiger partial charge in [0, 0.05) is 11.1 Å². The minimum absolute atomic E-state index is 0.242. The maximum absolute atomic E-state index is 12.2. The van der Waals surface area contributed by atoms with Crippen LogP contribution in [0.3, 0.4) is 0 Å². The van der Waals surface area contributed by atoms with Crippen LogP contribution in [0.1, 0.15) is 15.9 Å². The Labute approximate surface area is 132 Å². The number of carbonyl (C=O) groups is 1. The molecule has 0 fully saturated rings. The van der Waals surface area contributed by atoms with Crippen molar-refractivity contribution in [1.29, 1.82) is 0 Å². The van der Waals surface area contributed by atoms with Crippen molar-refractivity contribution in [3.8, 4) is 5.75 Å². The number of ether oxygens (including phenoxy) is 1. The summed E-state index contributed by atoms with van der Waals surface area (Å²) in [4.78, 5) is 12.4. The van der Waals surface area contributed by atoms with Gasteiger partial charge in [0.1, 0.15) is 10.7 Å². The SMILES string of the molecule is COc1ccc(C(=O)Nc2cc(C(N)=S)ccc2Cl)cc1. The third kappa shape index (κ3) is 3.71. The maximum Gasteiger partial charge on any atom is 0.255 e. The molecule has 108 valence electrons. The van der Waals surface area contributed by atoms with Gasteiger partial charge in [-0.3, -0.25) is 4.79 Å². The van der Waals surface area contributed by atoms with Crippen molar-refractivity contribution in [1.82, 2.24) is 0 Å². The molecule has 0 spiro atoms. The van der Waals surface area contributed by atoms with Crippen molar-refractivity contribution < 1.29 is 9.53 Å². The summed E-state index contributed by atoms with van der Waals surface area (Å²) in [5.74, 6) is 0.403. The summed E-state index contributed by atoms with van der Waals surface area (Å²) in [6.07, 6.45) is 0. The zero-order chi connectivity index (χ0) is 15.4. The molecule has 0 aromatic heterocycles. The van der Waals surface area contributed by atoms with Gasteiger partial charge < -0.3 is 15.8 Å². The van der Waals surface area contributed by atoms with E-state index in [2.05, 4.69) is 5.32 Å². The van der Waals surface area contributed by atoms with E-state index in [1.165, 1.54) is 0 Å². The smallest absolute Gasteiger partial charge is 0.255 e. The van der Waals surface area contributed by atoms with Crippen LogP contribution in [0.25, 0.3) is 0 Å². The van der Waals surface area contributed by atoms with Gasteiger partial charge in [-0.1, -0.05) is 29.9 Å². The minimum atomic E-state index is -0.278. The molecular weight excluding hydrogens is 308 g/mol. The number of hydrogen-bond acceptors (Lipinski definition) is 3. The van der Waals surface area contributed by atoms with E-state index in [-0.39, 0.29) is 10.9 Å². The summed E-state index contributed by atoms with van der Waals surface area (Å²) in [5.41, 5.74) is 7.16. The molecule has 0 unspecified atom stereocenters. The lowest BCUT2D eigenvalue weighted by Gasteiger charge is -2.09. The Bertz CT molecular complexity index is 687. The summed E-state index contributed by atoms with van der Waals surface area (Å²) in [5, 5.41) is 3.15. The van der Waals surface area contributed by atoms with Gasteiger partial charge in [-0.25, -0.2) is 0 Å². The van der Waals surface area contributed by atoms with E-state index in [1.54, 1.807) is 49.6 Å². The van der Waals surface area contributed by atoms with Gasteiger partial charge in [0.15, 0.2) is 0 Å². The van der Waals surface area contributed by atoms with Crippen molar-refractivity contribution in [2.24, 2.45) is 5.73 Å². The number of thiocarbonyl (C=S) groups is 1. The molecule has 0 radical (unpaired) electrons. The molecule has 0 heterocycles. The van der Waals surface area contributed by atoms with Crippen molar-refractivity contribution in [3.63, 3.8) is 0 Å².